The number of rotatable bonds is 8. The highest BCUT2D eigenvalue weighted by Crippen LogP contribution is 2.38. The van der Waals surface area contributed by atoms with E-state index in [1.165, 1.54) is 0 Å². The van der Waals surface area contributed by atoms with Gasteiger partial charge in [0, 0.05) is 17.4 Å². The molecule has 3 heterocycles. The largest absolute Gasteiger partial charge is 0.437 e. The minimum atomic E-state index is -0.979. The number of aliphatic hydroxyl groups is 3. The predicted molar refractivity (Wildman–Crippen MR) is 120 cm³/mol. The predicted octanol–water partition coefficient (Wildman–Crippen LogP) is 3.05. The molecule has 2 aromatic rings. The van der Waals surface area contributed by atoms with Crippen LogP contribution in [0.4, 0.5) is 0 Å². The molecule has 1 aromatic heterocycles. The fraction of sp³-hybridized carbons (Fsp3) is 0.560. The van der Waals surface area contributed by atoms with E-state index in [2.05, 4.69) is 4.98 Å². The van der Waals surface area contributed by atoms with Gasteiger partial charge in [-0.2, -0.15) is 0 Å². The zero-order chi connectivity index (χ0) is 22.8. The Morgan fingerprint density at radius 3 is 2.62 bits per heavy atom. The molecular formula is C25H33NO6. The first-order chi connectivity index (χ1) is 15.3. The second-order valence-corrected chi connectivity index (χ2v) is 9.21. The van der Waals surface area contributed by atoms with Crippen LogP contribution >= 0.6 is 0 Å². The number of aromatic nitrogens is 1. The SMILES string of the molecule is CC(=Cc1ncc(-c2ccccc2)o1)CC1OCC(CC2OC2C(C)C(C)O)C(O)C1O. The van der Waals surface area contributed by atoms with Crippen LogP contribution in [-0.2, 0) is 9.47 Å². The second-order valence-electron chi connectivity index (χ2n) is 9.21. The molecule has 7 nitrogen and oxygen atoms in total. The summed E-state index contributed by atoms with van der Waals surface area (Å²) in [5, 5.41) is 31.0. The zero-order valence-corrected chi connectivity index (χ0v) is 18.8. The Kier molecular flexibility index (Phi) is 7.12. The summed E-state index contributed by atoms with van der Waals surface area (Å²) in [4.78, 5) is 4.32. The van der Waals surface area contributed by atoms with E-state index in [4.69, 9.17) is 13.9 Å². The Hall–Kier alpha value is -2.03. The fourth-order valence-electron chi connectivity index (χ4n) is 4.39. The average molecular weight is 444 g/mol. The third kappa shape index (κ3) is 5.30. The number of benzene rings is 1. The van der Waals surface area contributed by atoms with E-state index in [0.717, 1.165) is 11.1 Å². The Bertz CT molecular complexity index is 910. The van der Waals surface area contributed by atoms with E-state index >= 15 is 0 Å². The van der Waals surface area contributed by atoms with Crippen molar-refractivity contribution in [3.8, 4) is 11.3 Å². The van der Waals surface area contributed by atoms with Crippen molar-refractivity contribution < 1.29 is 29.2 Å². The molecule has 4 rings (SSSR count). The zero-order valence-electron chi connectivity index (χ0n) is 18.8. The maximum atomic E-state index is 10.7. The molecule has 0 bridgehead atoms. The van der Waals surface area contributed by atoms with E-state index in [-0.39, 0.29) is 24.0 Å². The lowest BCUT2D eigenvalue weighted by Crippen LogP contribution is -2.50. The average Bonchev–Trinajstić information content (AvgIpc) is 3.39. The van der Waals surface area contributed by atoms with Crippen LogP contribution in [0.15, 0.2) is 46.5 Å². The fourth-order valence-corrected chi connectivity index (χ4v) is 4.39. The molecule has 174 valence electrons. The molecule has 2 aliphatic heterocycles. The van der Waals surface area contributed by atoms with Crippen molar-refractivity contribution in [2.75, 3.05) is 6.61 Å². The summed E-state index contributed by atoms with van der Waals surface area (Å²) in [6.07, 6.45) is 1.83. The van der Waals surface area contributed by atoms with E-state index in [9.17, 15) is 15.3 Å². The molecule has 8 unspecified atom stereocenters. The summed E-state index contributed by atoms with van der Waals surface area (Å²) in [5.41, 5.74) is 1.90. The van der Waals surface area contributed by atoms with Gasteiger partial charge in [0.25, 0.3) is 0 Å². The quantitative estimate of drug-likeness (QED) is 0.538. The molecule has 1 aromatic carbocycles. The maximum Gasteiger partial charge on any atom is 0.219 e. The summed E-state index contributed by atoms with van der Waals surface area (Å²) in [6.45, 7) is 6.01. The molecule has 32 heavy (non-hydrogen) atoms. The first kappa shape index (κ1) is 23.1. The molecule has 7 heteroatoms. The van der Waals surface area contributed by atoms with Gasteiger partial charge in [-0.3, -0.25) is 0 Å². The van der Waals surface area contributed by atoms with E-state index in [0.29, 0.717) is 31.1 Å². The van der Waals surface area contributed by atoms with Crippen molar-refractivity contribution in [3.05, 3.63) is 48.0 Å². The van der Waals surface area contributed by atoms with Crippen molar-refractivity contribution in [1.29, 1.82) is 0 Å². The van der Waals surface area contributed by atoms with E-state index in [1.54, 1.807) is 13.1 Å². The summed E-state index contributed by atoms with van der Waals surface area (Å²) >= 11 is 0. The minimum Gasteiger partial charge on any atom is -0.437 e. The van der Waals surface area contributed by atoms with Crippen LogP contribution in [0.2, 0.25) is 0 Å². The Morgan fingerprint density at radius 2 is 1.91 bits per heavy atom. The van der Waals surface area contributed by atoms with Gasteiger partial charge >= 0.3 is 0 Å². The van der Waals surface area contributed by atoms with Gasteiger partial charge in [-0.25, -0.2) is 4.98 Å². The molecule has 2 saturated heterocycles. The van der Waals surface area contributed by atoms with Gasteiger partial charge in [0.05, 0.1) is 43.3 Å². The van der Waals surface area contributed by atoms with Crippen LogP contribution in [0.1, 0.15) is 39.5 Å². The maximum absolute atomic E-state index is 10.7. The number of oxazole rings is 1. The van der Waals surface area contributed by atoms with Crippen LogP contribution < -0.4 is 0 Å². The highest BCUT2D eigenvalue weighted by molar-refractivity contribution is 5.57. The summed E-state index contributed by atoms with van der Waals surface area (Å²) in [5.74, 6) is 1.04. The van der Waals surface area contributed by atoms with Crippen molar-refractivity contribution in [1.82, 2.24) is 4.98 Å². The van der Waals surface area contributed by atoms with Gasteiger partial charge in [0.1, 0.15) is 6.10 Å². The van der Waals surface area contributed by atoms with Gasteiger partial charge in [-0.1, -0.05) is 42.8 Å². The van der Waals surface area contributed by atoms with Crippen molar-refractivity contribution in [2.24, 2.45) is 11.8 Å². The van der Waals surface area contributed by atoms with Gasteiger partial charge in [0.2, 0.25) is 5.89 Å². The van der Waals surface area contributed by atoms with Crippen LogP contribution in [0, 0.1) is 11.8 Å². The van der Waals surface area contributed by atoms with Gasteiger partial charge in [0.15, 0.2) is 5.76 Å². The molecule has 0 amide bonds. The third-order valence-electron chi connectivity index (χ3n) is 6.65. The normalized spacial score (nSPS) is 32.5. The minimum absolute atomic E-state index is 0.00271. The van der Waals surface area contributed by atoms with Gasteiger partial charge in [-0.05, 0) is 32.8 Å². The first-order valence-electron chi connectivity index (χ1n) is 11.3. The lowest BCUT2D eigenvalue weighted by molar-refractivity contribution is -0.165. The third-order valence-corrected chi connectivity index (χ3v) is 6.65. The van der Waals surface area contributed by atoms with Crippen molar-refractivity contribution >= 4 is 6.08 Å². The topological polar surface area (TPSA) is 108 Å². The molecule has 0 aliphatic carbocycles. The van der Waals surface area contributed by atoms with Crippen LogP contribution in [-0.4, -0.2) is 63.5 Å². The Labute approximate surface area is 188 Å². The molecule has 0 radical (unpaired) electrons. The Balaban J connectivity index is 1.30. The lowest BCUT2D eigenvalue weighted by atomic mass is 9.85. The van der Waals surface area contributed by atoms with E-state index < -0.39 is 24.4 Å². The molecule has 0 spiro atoms. The van der Waals surface area contributed by atoms with E-state index in [1.807, 2.05) is 50.3 Å². The van der Waals surface area contributed by atoms with Gasteiger partial charge in [-0.15, -0.1) is 0 Å². The standard InChI is InChI=1S/C25H33NO6/c1-14(10-22-26-12-21(31-22)17-7-5-4-6-8-17)9-19-24(29)23(28)18(13-30-19)11-20-25(32-20)15(2)16(3)27/h4-8,10,12,15-16,18-20,23-25,27-29H,9,11,13H2,1-3H3. The second kappa shape index (κ2) is 9.85. The monoisotopic (exact) mass is 443 g/mol. The molecule has 8 atom stereocenters. The molecular weight excluding hydrogens is 410 g/mol. The smallest absolute Gasteiger partial charge is 0.219 e. The van der Waals surface area contributed by atoms with Crippen molar-refractivity contribution in [3.63, 3.8) is 0 Å². The number of hydrogen-bond donors (Lipinski definition) is 3. The molecule has 0 saturated carbocycles. The van der Waals surface area contributed by atoms with Crippen LogP contribution in [0.5, 0.6) is 0 Å². The molecule has 2 aliphatic rings. The number of epoxide rings is 1. The number of nitrogens with zero attached hydrogens (tertiary/aromatic N) is 1. The van der Waals surface area contributed by atoms with Crippen LogP contribution in [0.25, 0.3) is 17.4 Å². The molecule has 2 fully saturated rings. The van der Waals surface area contributed by atoms with Gasteiger partial charge < -0.3 is 29.2 Å². The van der Waals surface area contributed by atoms with Crippen LogP contribution in [0.3, 0.4) is 0 Å². The number of aliphatic hydroxyl groups excluding tert-OH is 3. The highest BCUT2D eigenvalue weighted by Gasteiger charge is 2.48. The number of ether oxygens (including phenoxy) is 2. The Morgan fingerprint density at radius 1 is 1.16 bits per heavy atom. The summed E-state index contributed by atoms with van der Waals surface area (Å²) < 4.78 is 17.4. The summed E-state index contributed by atoms with van der Waals surface area (Å²) in [7, 11) is 0. The first-order valence-corrected chi connectivity index (χ1v) is 11.3. The highest BCUT2D eigenvalue weighted by atomic mass is 16.6. The molecule has 3 N–H and O–H groups in total. The number of hydrogen-bond acceptors (Lipinski definition) is 7. The van der Waals surface area contributed by atoms with Crippen molar-refractivity contribution in [2.45, 2.75) is 70.2 Å². The lowest BCUT2D eigenvalue weighted by Gasteiger charge is -2.38. The summed E-state index contributed by atoms with van der Waals surface area (Å²) in [6, 6.07) is 9.77.